The van der Waals surface area contributed by atoms with E-state index in [1.807, 2.05) is 31.2 Å². The highest BCUT2D eigenvalue weighted by Crippen LogP contribution is 2.40. The molecular weight excluding hydrogens is 306 g/mol. The van der Waals surface area contributed by atoms with Gasteiger partial charge < -0.3 is 0 Å². The molecular formula is C18H19N3OS. The van der Waals surface area contributed by atoms with Gasteiger partial charge in [-0.3, -0.25) is 4.57 Å². The van der Waals surface area contributed by atoms with Crippen molar-refractivity contribution in [3.8, 4) is 0 Å². The summed E-state index contributed by atoms with van der Waals surface area (Å²) >= 11 is 1.60. The lowest BCUT2D eigenvalue weighted by atomic mass is 10.0. The minimum Gasteiger partial charge on any atom is -0.270 e. The molecule has 0 radical (unpaired) electrons. The molecule has 1 unspecified atom stereocenters. The van der Waals surface area contributed by atoms with Gasteiger partial charge in [0.15, 0.2) is 5.16 Å². The van der Waals surface area contributed by atoms with Crippen LogP contribution in [0.15, 0.2) is 64.5 Å². The van der Waals surface area contributed by atoms with E-state index in [1.54, 1.807) is 16.3 Å². The van der Waals surface area contributed by atoms with E-state index in [0.29, 0.717) is 6.54 Å². The van der Waals surface area contributed by atoms with Crippen molar-refractivity contribution in [1.82, 2.24) is 14.8 Å². The largest absolute Gasteiger partial charge is 0.343 e. The van der Waals surface area contributed by atoms with Crippen LogP contribution in [0, 0.1) is 6.92 Å². The number of H-pyrrole nitrogens is 1. The molecule has 0 fully saturated rings. The first-order valence-electron chi connectivity index (χ1n) is 7.63. The Kier molecular flexibility index (Phi) is 4.67. The molecule has 0 aliphatic carbocycles. The average molecular weight is 325 g/mol. The number of nitrogens with zero attached hydrogens (tertiary/aromatic N) is 2. The summed E-state index contributed by atoms with van der Waals surface area (Å²) in [4.78, 5) is 11.8. The van der Waals surface area contributed by atoms with Gasteiger partial charge in [-0.05, 0) is 30.5 Å². The Morgan fingerprint density at radius 2 is 1.83 bits per heavy atom. The molecule has 1 heterocycles. The van der Waals surface area contributed by atoms with Crippen molar-refractivity contribution in [2.24, 2.45) is 0 Å². The van der Waals surface area contributed by atoms with E-state index in [9.17, 15) is 4.79 Å². The predicted molar refractivity (Wildman–Crippen MR) is 93.8 cm³/mol. The van der Waals surface area contributed by atoms with Crippen molar-refractivity contribution in [3.05, 3.63) is 81.8 Å². The van der Waals surface area contributed by atoms with E-state index in [0.717, 1.165) is 5.16 Å². The minimum absolute atomic E-state index is 0.0953. The van der Waals surface area contributed by atoms with Gasteiger partial charge in [0.05, 0.1) is 5.25 Å². The summed E-state index contributed by atoms with van der Waals surface area (Å²) in [5, 5.41) is 7.56. The van der Waals surface area contributed by atoms with Crippen LogP contribution >= 0.6 is 11.8 Å². The molecule has 0 saturated carbocycles. The summed E-state index contributed by atoms with van der Waals surface area (Å²) in [5.74, 6) is 0. The standard InChI is InChI=1S/C18H19N3OS/c1-3-21-17(22)19-20-18(21)23-16(14-10-5-4-6-11-14)15-12-8-7-9-13(15)2/h4-12,16H,3H2,1-2H3,(H,19,22). The Morgan fingerprint density at radius 3 is 2.52 bits per heavy atom. The van der Waals surface area contributed by atoms with Crippen LogP contribution in [0.3, 0.4) is 0 Å². The second-order valence-electron chi connectivity index (χ2n) is 5.32. The third-order valence-corrected chi connectivity index (χ3v) is 5.12. The number of hydrogen-bond acceptors (Lipinski definition) is 3. The van der Waals surface area contributed by atoms with Crippen LogP contribution in [-0.4, -0.2) is 14.8 Å². The molecule has 118 valence electrons. The van der Waals surface area contributed by atoms with Gasteiger partial charge in [0, 0.05) is 6.54 Å². The van der Waals surface area contributed by atoms with E-state index < -0.39 is 0 Å². The number of rotatable bonds is 5. The lowest BCUT2D eigenvalue weighted by Crippen LogP contribution is -2.16. The van der Waals surface area contributed by atoms with Gasteiger partial charge in [0.2, 0.25) is 0 Å². The van der Waals surface area contributed by atoms with Crippen LogP contribution in [0.1, 0.15) is 28.9 Å². The lowest BCUT2D eigenvalue weighted by molar-refractivity contribution is 0.659. The molecule has 1 atom stereocenters. The topological polar surface area (TPSA) is 50.7 Å². The molecule has 3 rings (SSSR count). The fourth-order valence-corrected chi connectivity index (χ4v) is 3.93. The fraction of sp³-hybridized carbons (Fsp3) is 0.222. The molecule has 1 aromatic heterocycles. The molecule has 0 bridgehead atoms. The monoisotopic (exact) mass is 325 g/mol. The van der Waals surface area contributed by atoms with Crippen molar-refractivity contribution < 1.29 is 0 Å². The fourth-order valence-electron chi connectivity index (χ4n) is 2.60. The van der Waals surface area contributed by atoms with Crippen LogP contribution in [0.4, 0.5) is 0 Å². The van der Waals surface area contributed by atoms with E-state index in [-0.39, 0.29) is 10.9 Å². The number of hydrogen-bond donors (Lipinski definition) is 1. The molecule has 2 aromatic carbocycles. The maximum Gasteiger partial charge on any atom is 0.343 e. The van der Waals surface area contributed by atoms with E-state index in [1.165, 1.54) is 16.7 Å². The molecule has 4 nitrogen and oxygen atoms in total. The van der Waals surface area contributed by atoms with Gasteiger partial charge in [-0.1, -0.05) is 66.4 Å². The molecule has 0 amide bonds. The van der Waals surface area contributed by atoms with Crippen LogP contribution in [0.2, 0.25) is 0 Å². The molecule has 1 N–H and O–H groups in total. The van der Waals surface area contributed by atoms with Gasteiger partial charge in [-0.2, -0.15) is 0 Å². The van der Waals surface area contributed by atoms with Crippen molar-refractivity contribution in [3.63, 3.8) is 0 Å². The van der Waals surface area contributed by atoms with Crippen LogP contribution in [0.5, 0.6) is 0 Å². The lowest BCUT2D eigenvalue weighted by Gasteiger charge is -2.19. The summed E-state index contributed by atoms with van der Waals surface area (Å²) in [7, 11) is 0. The highest BCUT2D eigenvalue weighted by Gasteiger charge is 2.20. The predicted octanol–water partition coefficient (Wildman–Crippen LogP) is 3.78. The van der Waals surface area contributed by atoms with Gasteiger partial charge >= 0.3 is 5.69 Å². The van der Waals surface area contributed by atoms with Gasteiger partial charge in [-0.25, -0.2) is 9.89 Å². The quantitative estimate of drug-likeness (QED) is 0.726. The zero-order chi connectivity index (χ0) is 16.2. The third-order valence-electron chi connectivity index (χ3n) is 3.84. The third kappa shape index (κ3) is 3.24. The van der Waals surface area contributed by atoms with Crippen molar-refractivity contribution in [1.29, 1.82) is 0 Å². The van der Waals surface area contributed by atoms with Crippen molar-refractivity contribution in [2.75, 3.05) is 0 Å². The van der Waals surface area contributed by atoms with Crippen molar-refractivity contribution in [2.45, 2.75) is 30.8 Å². The van der Waals surface area contributed by atoms with Gasteiger partial charge in [-0.15, -0.1) is 5.10 Å². The van der Waals surface area contributed by atoms with E-state index in [4.69, 9.17) is 0 Å². The second-order valence-corrected chi connectivity index (χ2v) is 6.39. The first-order valence-corrected chi connectivity index (χ1v) is 8.51. The summed E-state index contributed by atoms with van der Waals surface area (Å²) in [6, 6.07) is 18.7. The summed E-state index contributed by atoms with van der Waals surface area (Å²) < 4.78 is 1.67. The number of nitrogens with one attached hydrogen (secondary N) is 1. The number of aromatic nitrogens is 3. The normalized spacial score (nSPS) is 12.3. The Hall–Kier alpha value is -2.27. The Labute approximate surface area is 139 Å². The molecule has 5 heteroatoms. The van der Waals surface area contributed by atoms with Crippen molar-refractivity contribution >= 4 is 11.8 Å². The number of aryl methyl sites for hydroxylation is 1. The number of thioether (sulfide) groups is 1. The number of benzene rings is 2. The van der Waals surface area contributed by atoms with Crippen LogP contribution < -0.4 is 5.69 Å². The molecule has 0 spiro atoms. The molecule has 0 aliphatic rings. The van der Waals surface area contributed by atoms with Gasteiger partial charge in [0.25, 0.3) is 0 Å². The zero-order valence-electron chi connectivity index (χ0n) is 13.2. The average Bonchev–Trinajstić information content (AvgIpc) is 2.94. The highest BCUT2D eigenvalue weighted by atomic mass is 32.2. The maximum absolute atomic E-state index is 11.8. The zero-order valence-corrected chi connectivity index (χ0v) is 14.0. The smallest absolute Gasteiger partial charge is 0.270 e. The second kappa shape index (κ2) is 6.87. The van der Waals surface area contributed by atoms with E-state index >= 15 is 0 Å². The van der Waals surface area contributed by atoms with Crippen LogP contribution in [-0.2, 0) is 6.54 Å². The Bertz CT molecular complexity index is 839. The molecule has 3 aromatic rings. The first kappa shape index (κ1) is 15.6. The summed E-state index contributed by atoms with van der Waals surface area (Å²) in [6.07, 6.45) is 0. The van der Waals surface area contributed by atoms with Gasteiger partial charge in [0.1, 0.15) is 0 Å². The molecule has 0 aliphatic heterocycles. The maximum atomic E-state index is 11.8. The molecule has 0 saturated heterocycles. The summed E-state index contributed by atoms with van der Waals surface area (Å²) in [6.45, 7) is 4.67. The SMILES string of the molecule is CCn1c(SC(c2ccccc2)c2ccccc2C)n[nH]c1=O. The Balaban J connectivity index is 2.06. The van der Waals surface area contributed by atoms with Crippen LogP contribution in [0.25, 0.3) is 0 Å². The summed E-state index contributed by atoms with van der Waals surface area (Å²) in [5.41, 5.74) is 3.51. The minimum atomic E-state index is -0.161. The highest BCUT2D eigenvalue weighted by molar-refractivity contribution is 7.99. The van der Waals surface area contributed by atoms with E-state index in [2.05, 4.69) is 47.5 Å². The number of aromatic amines is 1. The first-order chi connectivity index (χ1) is 11.2. The Morgan fingerprint density at radius 1 is 1.13 bits per heavy atom. The molecule has 23 heavy (non-hydrogen) atoms.